The summed E-state index contributed by atoms with van der Waals surface area (Å²) in [5, 5.41) is 13.1. The van der Waals surface area contributed by atoms with Crippen LogP contribution in [-0.2, 0) is 11.3 Å². The Morgan fingerprint density at radius 2 is 1.90 bits per heavy atom. The Labute approximate surface area is 231 Å². The molecular formula is C29H27N9O2. The summed E-state index contributed by atoms with van der Waals surface area (Å²) in [7, 11) is 0. The summed E-state index contributed by atoms with van der Waals surface area (Å²) in [4.78, 5) is 48.5. The lowest BCUT2D eigenvalue weighted by atomic mass is 9.95. The molecular weight excluding hydrogens is 506 g/mol. The van der Waals surface area contributed by atoms with Gasteiger partial charge in [0, 0.05) is 55.6 Å². The zero-order valence-electron chi connectivity index (χ0n) is 22.0. The van der Waals surface area contributed by atoms with Crippen molar-refractivity contribution >= 4 is 45.9 Å². The van der Waals surface area contributed by atoms with Gasteiger partial charge in [0.1, 0.15) is 29.7 Å². The van der Waals surface area contributed by atoms with Crippen LogP contribution >= 0.6 is 0 Å². The lowest BCUT2D eigenvalue weighted by molar-refractivity contribution is -0.114. The van der Waals surface area contributed by atoms with Gasteiger partial charge in [-0.1, -0.05) is 6.07 Å². The van der Waals surface area contributed by atoms with Gasteiger partial charge in [0.15, 0.2) is 0 Å². The summed E-state index contributed by atoms with van der Waals surface area (Å²) in [6.07, 6.45) is 6.58. The molecule has 1 saturated heterocycles. The molecule has 0 bridgehead atoms. The number of urea groups is 1. The molecule has 0 aliphatic carbocycles. The van der Waals surface area contributed by atoms with Crippen molar-refractivity contribution < 1.29 is 9.59 Å². The first-order valence-corrected chi connectivity index (χ1v) is 13.2. The number of fused-ring (bicyclic) bond motifs is 2. The van der Waals surface area contributed by atoms with Gasteiger partial charge in [-0.05, 0) is 55.2 Å². The van der Waals surface area contributed by atoms with Crippen LogP contribution in [0, 0.1) is 17.2 Å². The summed E-state index contributed by atoms with van der Waals surface area (Å²) in [6.45, 7) is 4.17. The highest BCUT2D eigenvalue weighted by atomic mass is 16.2. The van der Waals surface area contributed by atoms with E-state index in [-0.39, 0.29) is 17.6 Å². The number of amides is 3. The quantitative estimate of drug-likeness (QED) is 0.403. The van der Waals surface area contributed by atoms with Crippen molar-refractivity contribution in [3.05, 3.63) is 72.4 Å². The third-order valence-corrected chi connectivity index (χ3v) is 7.35. The van der Waals surface area contributed by atoms with Crippen LogP contribution in [0.15, 0.2) is 61.2 Å². The van der Waals surface area contributed by atoms with Crippen LogP contribution in [0.5, 0.6) is 0 Å². The summed E-state index contributed by atoms with van der Waals surface area (Å²) in [6, 6.07) is 14.7. The van der Waals surface area contributed by atoms with Crippen LogP contribution in [0.2, 0.25) is 0 Å². The number of anilines is 4. The lowest BCUT2D eigenvalue weighted by Gasteiger charge is -2.40. The standard InChI is InChI=1S/C29H27N9O2/c1-19(39)35-22-4-5-26-25(14-22)28(34-18-33-26)36-11-7-20(8-12-36)16-37-17-21-3-2-9-32-27(21)38(29(37)40)24-6-10-31-23(13-24)15-30/h2-6,9-10,13-14,18,20H,7-8,11-12,16-17H2,1H3,(H,35,39). The van der Waals surface area contributed by atoms with Crippen molar-refractivity contribution in [1.29, 1.82) is 5.26 Å². The van der Waals surface area contributed by atoms with E-state index >= 15 is 0 Å². The molecule has 0 spiro atoms. The Kier molecular flexibility index (Phi) is 6.66. The second-order valence-corrected chi connectivity index (χ2v) is 10.0. The first-order valence-electron chi connectivity index (χ1n) is 13.2. The molecule has 200 valence electrons. The minimum atomic E-state index is -0.156. The van der Waals surface area contributed by atoms with E-state index < -0.39 is 0 Å². The van der Waals surface area contributed by atoms with Crippen LogP contribution in [0.1, 0.15) is 31.0 Å². The highest BCUT2D eigenvalue weighted by Crippen LogP contribution is 2.35. The minimum Gasteiger partial charge on any atom is -0.356 e. The molecule has 0 radical (unpaired) electrons. The maximum absolute atomic E-state index is 13.8. The second kappa shape index (κ2) is 10.6. The van der Waals surface area contributed by atoms with Crippen molar-refractivity contribution in [3.8, 4) is 6.07 Å². The number of rotatable bonds is 5. The number of nitriles is 1. The minimum absolute atomic E-state index is 0.128. The Morgan fingerprint density at radius 3 is 2.70 bits per heavy atom. The highest BCUT2D eigenvalue weighted by molar-refractivity contribution is 6.01. The van der Waals surface area contributed by atoms with Crippen molar-refractivity contribution in [3.63, 3.8) is 0 Å². The number of nitrogens with one attached hydrogen (secondary N) is 1. The predicted octanol–water partition coefficient (Wildman–Crippen LogP) is 4.24. The smallest absolute Gasteiger partial charge is 0.330 e. The van der Waals surface area contributed by atoms with Crippen LogP contribution < -0.4 is 15.1 Å². The number of pyridine rings is 2. The Bertz CT molecular complexity index is 1640. The fraction of sp³-hybridized carbons (Fsp3) is 0.276. The van der Waals surface area contributed by atoms with E-state index in [1.807, 2.05) is 41.3 Å². The fourth-order valence-electron chi connectivity index (χ4n) is 5.47. The third kappa shape index (κ3) is 4.87. The van der Waals surface area contributed by atoms with E-state index in [0.29, 0.717) is 36.2 Å². The highest BCUT2D eigenvalue weighted by Gasteiger charge is 2.34. The van der Waals surface area contributed by atoms with Crippen LogP contribution in [-0.4, -0.2) is 56.4 Å². The Hall–Kier alpha value is -5.11. The van der Waals surface area contributed by atoms with Gasteiger partial charge in [0.05, 0.1) is 17.7 Å². The molecule has 11 nitrogen and oxygen atoms in total. The van der Waals surface area contributed by atoms with Crippen molar-refractivity contribution in [2.24, 2.45) is 5.92 Å². The lowest BCUT2D eigenvalue weighted by Crippen LogP contribution is -2.48. The van der Waals surface area contributed by atoms with Crippen molar-refractivity contribution in [1.82, 2.24) is 24.8 Å². The SMILES string of the molecule is CC(=O)Nc1ccc2ncnc(N3CCC(CN4Cc5cccnc5N(c5ccnc(C#N)c5)C4=O)CC3)c2c1. The number of nitrogens with zero attached hydrogens (tertiary/aromatic N) is 8. The Balaban J connectivity index is 1.19. The second-order valence-electron chi connectivity index (χ2n) is 10.0. The molecule has 6 rings (SSSR count). The molecule has 2 aliphatic heterocycles. The number of piperidine rings is 1. The molecule has 0 unspecified atom stereocenters. The zero-order chi connectivity index (χ0) is 27.6. The normalized spacial score (nSPS) is 15.6. The molecule has 1 fully saturated rings. The Morgan fingerprint density at radius 1 is 1.05 bits per heavy atom. The number of hydrogen-bond acceptors (Lipinski definition) is 8. The molecule has 3 aromatic heterocycles. The van der Waals surface area contributed by atoms with Gasteiger partial charge in [-0.25, -0.2) is 29.6 Å². The van der Waals surface area contributed by atoms with Crippen LogP contribution in [0.3, 0.4) is 0 Å². The molecule has 3 amide bonds. The van der Waals surface area contributed by atoms with Gasteiger partial charge < -0.3 is 15.1 Å². The molecule has 5 heterocycles. The summed E-state index contributed by atoms with van der Waals surface area (Å²) in [5.41, 5.74) is 3.31. The van der Waals surface area contributed by atoms with Crippen LogP contribution in [0.4, 0.5) is 27.8 Å². The summed E-state index contributed by atoms with van der Waals surface area (Å²) < 4.78 is 0. The molecule has 4 aromatic rings. The number of hydrogen-bond donors (Lipinski definition) is 1. The van der Waals surface area contributed by atoms with Crippen molar-refractivity contribution in [2.45, 2.75) is 26.3 Å². The van der Waals surface area contributed by atoms with Gasteiger partial charge in [0.2, 0.25) is 5.91 Å². The fourth-order valence-corrected chi connectivity index (χ4v) is 5.47. The maximum atomic E-state index is 13.8. The van der Waals surface area contributed by atoms with Gasteiger partial charge in [-0.15, -0.1) is 0 Å². The van der Waals surface area contributed by atoms with E-state index in [4.69, 9.17) is 0 Å². The van der Waals surface area contributed by atoms with E-state index in [1.165, 1.54) is 13.1 Å². The summed E-state index contributed by atoms with van der Waals surface area (Å²) >= 11 is 0. The molecule has 11 heteroatoms. The molecule has 0 saturated carbocycles. The number of benzene rings is 1. The number of carbonyl (C=O) groups is 2. The largest absolute Gasteiger partial charge is 0.356 e. The molecule has 40 heavy (non-hydrogen) atoms. The van der Waals surface area contributed by atoms with E-state index in [0.717, 1.165) is 48.2 Å². The molecule has 1 aromatic carbocycles. The average molecular weight is 534 g/mol. The monoisotopic (exact) mass is 533 g/mol. The van der Waals surface area contributed by atoms with Crippen molar-refractivity contribution in [2.75, 3.05) is 34.8 Å². The first-order chi connectivity index (χ1) is 19.5. The molecule has 1 N–H and O–H groups in total. The molecule has 0 atom stereocenters. The van der Waals surface area contributed by atoms with E-state index in [2.05, 4.69) is 30.2 Å². The van der Waals surface area contributed by atoms with E-state index in [1.54, 1.807) is 29.6 Å². The first kappa shape index (κ1) is 25.2. The van der Waals surface area contributed by atoms with E-state index in [9.17, 15) is 14.9 Å². The summed E-state index contributed by atoms with van der Waals surface area (Å²) in [5.74, 6) is 1.62. The number of carbonyl (C=O) groups excluding carboxylic acids is 2. The van der Waals surface area contributed by atoms with Gasteiger partial charge in [0.25, 0.3) is 0 Å². The van der Waals surface area contributed by atoms with Gasteiger partial charge >= 0.3 is 6.03 Å². The predicted molar refractivity (Wildman–Crippen MR) is 150 cm³/mol. The van der Waals surface area contributed by atoms with Gasteiger partial charge in [-0.2, -0.15) is 5.26 Å². The average Bonchev–Trinajstić information content (AvgIpc) is 2.97. The zero-order valence-corrected chi connectivity index (χ0v) is 22.0. The van der Waals surface area contributed by atoms with Gasteiger partial charge in [-0.3, -0.25) is 4.79 Å². The topological polar surface area (TPSA) is 131 Å². The molecule has 2 aliphatic rings. The third-order valence-electron chi connectivity index (χ3n) is 7.35. The maximum Gasteiger partial charge on any atom is 0.330 e. The number of aromatic nitrogens is 4. The van der Waals surface area contributed by atoms with Crippen LogP contribution in [0.25, 0.3) is 10.9 Å².